The first-order chi connectivity index (χ1) is 8.08. The van der Waals surface area contributed by atoms with Crippen LogP contribution in [0.5, 0.6) is 0 Å². The third-order valence-corrected chi connectivity index (χ3v) is 3.00. The zero-order valence-corrected chi connectivity index (χ0v) is 10.0. The fourth-order valence-electron chi connectivity index (χ4n) is 1.93. The molecule has 2 heterocycles. The average Bonchev–Trinajstić information content (AvgIpc) is 2.88. The van der Waals surface area contributed by atoms with Crippen molar-refractivity contribution in [3.05, 3.63) is 18.2 Å². The molecule has 0 bridgehead atoms. The molecule has 0 aromatic carbocycles. The number of carbonyl (C=O) groups is 2. The van der Waals surface area contributed by atoms with E-state index < -0.39 is 0 Å². The van der Waals surface area contributed by atoms with Crippen molar-refractivity contribution in [2.45, 2.75) is 13.0 Å². The number of imidazole rings is 1. The molecule has 17 heavy (non-hydrogen) atoms. The second-order valence-corrected chi connectivity index (χ2v) is 4.35. The van der Waals surface area contributed by atoms with Gasteiger partial charge < -0.3 is 14.8 Å². The summed E-state index contributed by atoms with van der Waals surface area (Å²) in [4.78, 5) is 28.9. The van der Waals surface area contributed by atoms with Crippen LogP contribution >= 0.6 is 0 Å². The Morgan fingerprint density at radius 1 is 1.71 bits per heavy atom. The van der Waals surface area contributed by atoms with Crippen LogP contribution in [-0.2, 0) is 23.2 Å². The number of aryl methyl sites for hydroxylation is 1. The summed E-state index contributed by atoms with van der Waals surface area (Å²) in [5, 5.41) is 2.67. The second kappa shape index (κ2) is 4.57. The highest BCUT2D eigenvalue weighted by molar-refractivity contribution is 5.89. The van der Waals surface area contributed by atoms with E-state index in [2.05, 4.69) is 10.3 Å². The van der Waals surface area contributed by atoms with E-state index in [9.17, 15) is 9.59 Å². The molecule has 1 aliphatic heterocycles. The summed E-state index contributed by atoms with van der Waals surface area (Å²) in [5.41, 5.74) is 0. The molecule has 92 valence electrons. The van der Waals surface area contributed by atoms with Gasteiger partial charge >= 0.3 is 0 Å². The van der Waals surface area contributed by atoms with Gasteiger partial charge in [-0.15, -0.1) is 0 Å². The number of rotatable bonds is 3. The van der Waals surface area contributed by atoms with Crippen molar-refractivity contribution in [3.63, 3.8) is 0 Å². The summed E-state index contributed by atoms with van der Waals surface area (Å²) in [6, 6.07) is 0. The largest absolute Gasteiger partial charge is 0.355 e. The second-order valence-electron chi connectivity index (χ2n) is 4.35. The summed E-state index contributed by atoms with van der Waals surface area (Å²) in [5.74, 6) is 0.547. The van der Waals surface area contributed by atoms with Gasteiger partial charge in [-0.05, 0) is 0 Å². The Morgan fingerprint density at radius 3 is 3.00 bits per heavy atom. The molecule has 0 aliphatic carbocycles. The Labute approximate surface area is 99.6 Å². The molecule has 1 fully saturated rings. The molecule has 1 aromatic rings. The molecule has 6 heteroatoms. The lowest BCUT2D eigenvalue weighted by Crippen LogP contribution is -2.34. The molecule has 1 N–H and O–H groups in total. The summed E-state index contributed by atoms with van der Waals surface area (Å²) < 4.78 is 1.88. The first-order valence-corrected chi connectivity index (χ1v) is 5.56. The molecule has 1 aliphatic rings. The Bertz CT molecular complexity index is 440. The van der Waals surface area contributed by atoms with Crippen LogP contribution in [0.25, 0.3) is 0 Å². The molecular formula is C11H16N4O2. The molecule has 1 atom stereocenters. The number of hydrogen-bond acceptors (Lipinski definition) is 3. The van der Waals surface area contributed by atoms with Crippen LogP contribution in [-0.4, -0.2) is 39.9 Å². The zero-order chi connectivity index (χ0) is 12.4. The van der Waals surface area contributed by atoms with Crippen molar-refractivity contribution in [2.75, 3.05) is 13.6 Å². The van der Waals surface area contributed by atoms with Gasteiger partial charge in [-0.1, -0.05) is 0 Å². The van der Waals surface area contributed by atoms with Gasteiger partial charge in [0, 0.05) is 39.5 Å². The van der Waals surface area contributed by atoms with Crippen molar-refractivity contribution in [1.29, 1.82) is 0 Å². The molecular weight excluding hydrogens is 220 g/mol. The molecule has 1 unspecified atom stereocenters. The van der Waals surface area contributed by atoms with Crippen molar-refractivity contribution < 1.29 is 9.59 Å². The highest BCUT2D eigenvalue weighted by Gasteiger charge is 2.30. The fraction of sp³-hybridized carbons (Fsp3) is 0.545. The van der Waals surface area contributed by atoms with E-state index in [1.807, 2.05) is 17.8 Å². The van der Waals surface area contributed by atoms with E-state index >= 15 is 0 Å². The predicted molar refractivity (Wildman–Crippen MR) is 60.8 cm³/mol. The molecule has 2 rings (SSSR count). The van der Waals surface area contributed by atoms with Gasteiger partial charge in [0.2, 0.25) is 11.8 Å². The maximum absolute atomic E-state index is 12.0. The topological polar surface area (TPSA) is 67.2 Å². The third kappa shape index (κ3) is 2.46. The van der Waals surface area contributed by atoms with Crippen molar-refractivity contribution in [2.24, 2.45) is 13.0 Å². The maximum atomic E-state index is 12.0. The number of hydrogen-bond donors (Lipinski definition) is 1. The molecule has 0 radical (unpaired) electrons. The minimum Gasteiger partial charge on any atom is -0.355 e. The van der Waals surface area contributed by atoms with Gasteiger partial charge in [-0.3, -0.25) is 9.59 Å². The molecule has 2 amide bonds. The summed E-state index contributed by atoms with van der Waals surface area (Å²) in [6.07, 6.45) is 3.84. The molecule has 1 saturated heterocycles. The monoisotopic (exact) mass is 236 g/mol. The molecule has 0 spiro atoms. The summed E-state index contributed by atoms with van der Waals surface area (Å²) in [6.45, 7) is 0.912. The van der Waals surface area contributed by atoms with Gasteiger partial charge in [0.15, 0.2) is 0 Å². The summed E-state index contributed by atoms with van der Waals surface area (Å²) in [7, 11) is 3.63. The first kappa shape index (κ1) is 11.6. The molecule has 6 nitrogen and oxygen atoms in total. The Morgan fingerprint density at radius 2 is 2.47 bits per heavy atom. The third-order valence-electron chi connectivity index (χ3n) is 3.00. The highest BCUT2D eigenvalue weighted by atomic mass is 16.2. The lowest BCUT2D eigenvalue weighted by Gasteiger charge is -2.19. The molecule has 1 aromatic heterocycles. The normalized spacial score (nSPS) is 19.2. The van der Waals surface area contributed by atoms with Crippen molar-refractivity contribution in [3.8, 4) is 0 Å². The zero-order valence-electron chi connectivity index (χ0n) is 10.0. The van der Waals surface area contributed by atoms with Crippen LogP contribution in [0.3, 0.4) is 0 Å². The standard InChI is InChI=1S/C11H16N4O2/c1-14-4-3-12-9(14)7-15(2)11(17)8-5-10(16)13-6-8/h3-4,8H,5-7H2,1-2H3,(H,13,16). The fourth-order valence-corrected chi connectivity index (χ4v) is 1.93. The summed E-state index contributed by atoms with van der Waals surface area (Å²) >= 11 is 0. The number of amides is 2. The quantitative estimate of drug-likeness (QED) is 0.770. The van der Waals surface area contributed by atoms with E-state index in [1.54, 1.807) is 18.1 Å². The van der Waals surface area contributed by atoms with Crippen LogP contribution in [0.1, 0.15) is 12.2 Å². The SMILES string of the molecule is CN(Cc1nccn1C)C(=O)C1CNC(=O)C1. The average molecular weight is 236 g/mol. The van der Waals surface area contributed by atoms with Crippen LogP contribution in [0, 0.1) is 5.92 Å². The van der Waals surface area contributed by atoms with Gasteiger partial charge in [-0.25, -0.2) is 4.98 Å². The number of nitrogens with one attached hydrogen (secondary N) is 1. The Hall–Kier alpha value is -1.85. The minimum atomic E-state index is -0.229. The van der Waals surface area contributed by atoms with Gasteiger partial charge in [0.25, 0.3) is 0 Å². The van der Waals surface area contributed by atoms with E-state index in [1.165, 1.54) is 0 Å². The highest BCUT2D eigenvalue weighted by Crippen LogP contribution is 2.13. The van der Waals surface area contributed by atoms with Gasteiger partial charge in [0.05, 0.1) is 12.5 Å². The van der Waals surface area contributed by atoms with Crippen LogP contribution < -0.4 is 5.32 Å². The molecule has 0 saturated carbocycles. The number of aromatic nitrogens is 2. The number of carbonyl (C=O) groups excluding carboxylic acids is 2. The van der Waals surface area contributed by atoms with Gasteiger partial charge in [0.1, 0.15) is 5.82 Å². The van der Waals surface area contributed by atoms with Crippen LogP contribution in [0.4, 0.5) is 0 Å². The minimum absolute atomic E-state index is 0.00801. The first-order valence-electron chi connectivity index (χ1n) is 5.56. The Kier molecular flexibility index (Phi) is 3.12. The smallest absolute Gasteiger partial charge is 0.228 e. The lowest BCUT2D eigenvalue weighted by atomic mass is 10.1. The number of nitrogens with zero attached hydrogens (tertiary/aromatic N) is 3. The van der Waals surface area contributed by atoms with Crippen molar-refractivity contribution >= 4 is 11.8 Å². The maximum Gasteiger partial charge on any atom is 0.228 e. The van der Waals surface area contributed by atoms with Crippen molar-refractivity contribution in [1.82, 2.24) is 19.8 Å². The predicted octanol–water partition coefficient (Wildman–Crippen LogP) is -0.485. The van der Waals surface area contributed by atoms with Gasteiger partial charge in [-0.2, -0.15) is 0 Å². The van der Waals surface area contributed by atoms with Crippen LogP contribution in [0.2, 0.25) is 0 Å². The lowest BCUT2D eigenvalue weighted by molar-refractivity contribution is -0.135. The Balaban J connectivity index is 1.96. The van der Waals surface area contributed by atoms with E-state index in [0.717, 1.165) is 5.82 Å². The van der Waals surface area contributed by atoms with Crippen LogP contribution in [0.15, 0.2) is 12.4 Å². The van der Waals surface area contributed by atoms with E-state index in [4.69, 9.17) is 0 Å². The van der Waals surface area contributed by atoms with E-state index in [0.29, 0.717) is 19.5 Å². The van der Waals surface area contributed by atoms with E-state index in [-0.39, 0.29) is 17.7 Å².